The number of carbonyl (C=O) groups is 1. The molecule has 0 aliphatic heterocycles. The SMILES string of the molecule is CC(C)CCC[C@@H](C)[C@H]1CC[C@H]2[C@@H]3C[C@@H](NCCc4cnc[nH]4)[C@@]4(O)C[C@@H](CCC(=O)O)CC[C@]4(C)[C@H]3CC[C@]12C. The van der Waals surface area contributed by atoms with E-state index in [-0.39, 0.29) is 23.8 Å². The molecule has 4 saturated carbocycles. The van der Waals surface area contributed by atoms with Gasteiger partial charge in [-0.1, -0.05) is 53.9 Å². The van der Waals surface area contributed by atoms with E-state index in [2.05, 4.69) is 49.9 Å². The number of imidazole rings is 1. The number of fused-ring (bicyclic) bond motifs is 5. The van der Waals surface area contributed by atoms with Crippen LogP contribution in [0.4, 0.5) is 0 Å². The molecule has 0 unspecified atom stereocenters. The van der Waals surface area contributed by atoms with Gasteiger partial charge in [-0.3, -0.25) is 4.79 Å². The normalized spacial score (nSPS) is 41.0. The molecule has 232 valence electrons. The topological polar surface area (TPSA) is 98.2 Å². The number of carboxylic acids is 1. The van der Waals surface area contributed by atoms with Crippen LogP contribution in [0.1, 0.15) is 124 Å². The van der Waals surface area contributed by atoms with Crippen molar-refractivity contribution >= 4 is 5.97 Å². The van der Waals surface area contributed by atoms with Gasteiger partial charge in [-0.25, -0.2) is 4.98 Å². The summed E-state index contributed by atoms with van der Waals surface area (Å²) in [6.45, 7) is 13.1. The minimum Gasteiger partial charge on any atom is -0.481 e. The first kappa shape index (κ1) is 31.0. The van der Waals surface area contributed by atoms with Gasteiger partial charge in [0.1, 0.15) is 0 Å². The summed E-state index contributed by atoms with van der Waals surface area (Å²) < 4.78 is 0. The van der Waals surface area contributed by atoms with Crippen LogP contribution in [0, 0.1) is 52.3 Å². The maximum atomic E-state index is 12.8. The Kier molecular flexibility index (Phi) is 9.31. The average molecular weight is 570 g/mol. The molecular weight excluding hydrogens is 510 g/mol. The number of nitrogens with zero attached hydrogens (tertiary/aromatic N) is 1. The van der Waals surface area contributed by atoms with Crippen LogP contribution in [-0.2, 0) is 11.2 Å². The monoisotopic (exact) mass is 569 g/mol. The minimum atomic E-state index is -0.792. The number of hydrogen-bond acceptors (Lipinski definition) is 4. The smallest absolute Gasteiger partial charge is 0.303 e. The van der Waals surface area contributed by atoms with Crippen LogP contribution in [0.2, 0.25) is 0 Å². The lowest BCUT2D eigenvalue weighted by Crippen LogP contribution is -2.71. The van der Waals surface area contributed by atoms with Crippen molar-refractivity contribution in [3.05, 3.63) is 18.2 Å². The Hall–Kier alpha value is -1.40. The number of rotatable bonds is 12. The van der Waals surface area contributed by atoms with Crippen molar-refractivity contribution in [1.82, 2.24) is 15.3 Å². The Morgan fingerprint density at radius 1 is 1.12 bits per heavy atom. The zero-order valence-corrected chi connectivity index (χ0v) is 26.6. The highest BCUT2D eigenvalue weighted by molar-refractivity contribution is 5.66. The zero-order valence-electron chi connectivity index (χ0n) is 26.6. The lowest BCUT2D eigenvalue weighted by molar-refractivity contribution is -0.228. The molecule has 6 nitrogen and oxygen atoms in total. The van der Waals surface area contributed by atoms with Gasteiger partial charge in [-0.2, -0.15) is 0 Å². The van der Waals surface area contributed by atoms with Gasteiger partial charge in [-0.05, 0) is 105 Å². The van der Waals surface area contributed by atoms with Crippen LogP contribution in [0.15, 0.2) is 12.5 Å². The second-order valence-electron chi connectivity index (χ2n) is 15.9. The van der Waals surface area contributed by atoms with Crippen molar-refractivity contribution in [2.75, 3.05) is 6.54 Å². The maximum absolute atomic E-state index is 12.8. The summed E-state index contributed by atoms with van der Waals surface area (Å²) in [7, 11) is 0. The second kappa shape index (κ2) is 12.3. The van der Waals surface area contributed by atoms with E-state index >= 15 is 0 Å². The van der Waals surface area contributed by atoms with Gasteiger partial charge < -0.3 is 20.5 Å². The van der Waals surface area contributed by atoms with Crippen LogP contribution in [0.5, 0.6) is 0 Å². The molecular formula is C35H59N3O3. The first-order valence-electron chi connectivity index (χ1n) is 17.1. The van der Waals surface area contributed by atoms with Gasteiger partial charge in [-0.15, -0.1) is 0 Å². The van der Waals surface area contributed by atoms with Gasteiger partial charge >= 0.3 is 5.97 Å². The molecule has 5 rings (SSSR count). The average Bonchev–Trinajstić information content (AvgIpc) is 3.55. The summed E-state index contributed by atoms with van der Waals surface area (Å²) in [5, 5.41) is 26.1. The van der Waals surface area contributed by atoms with E-state index < -0.39 is 11.6 Å². The minimum absolute atomic E-state index is 0.0502. The molecule has 4 N–H and O–H groups in total. The van der Waals surface area contributed by atoms with E-state index in [1.165, 1.54) is 44.9 Å². The van der Waals surface area contributed by atoms with E-state index in [4.69, 9.17) is 0 Å². The number of hydrogen-bond donors (Lipinski definition) is 4. The molecule has 0 bridgehead atoms. The second-order valence-corrected chi connectivity index (χ2v) is 15.9. The molecule has 4 aliphatic carbocycles. The molecule has 0 radical (unpaired) electrons. The van der Waals surface area contributed by atoms with Crippen molar-refractivity contribution in [2.45, 2.75) is 136 Å². The summed E-state index contributed by atoms with van der Waals surface area (Å²) in [6.07, 6.45) is 18.6. The van der Waals surface area contributed by atoms with Gasteiger partial charge in [0.25, 0.3) is 0 Å². The third kappa shape index (κ3) is 5.90. The molecule has 1 heterocycles. The largest absolute Gasteiger partial charge is 0.481 e. The van der Waals surface area contributed by atoms with Crippen molar-refractivity contribution in [3.8, 4) is 0 Å². The fraction of sp³-hybridized carbons (Fsp3) is 0.886. The highest BCUT2D eigenvalue weighted by Crippen LogP contribution is 2.69. The predicted octanol–water partition coefficient (Wildman–Crippen LogP) is 7.24. The first-order chi connectivity index (χ1) is 19.5. The van der Waals surface area contributed by atoms with E-state index in [1.54, 1.807) is 6.33 Å². The molecule has 1 aromatic heterocycles. The lowest BCUT2D eigenvalue weighted by Gasteiger charge is -2.67. The standard InChI is InChI=1S/C35H59N3O3/c1-23(2)7-6-8-24(3)28-10-11-29-27-19-31(37-18-15-26-21-36-22-38-26)35(41)20-25(9-12-32(39)40)13-17-34(35,5)30(27)14-16-33(28,29)4/h21-25,27-31,37,41H,6-20H2,1-5H3,(H,36,38)(H,39,40)/t24-,25+,27+,28-,29+,30+,31-,33-,34-,35+/m1/s1. The fourth-order valence-corrected chi connectivity index (χ4v) is 11.1. The van der Waals surface area contributed by atoms with Gasteiger partial charge in [0, 0.05) is 42.7 Å². The summed E-state index contributed by atoms with van der Waals surface area (Å²) in [5.41, 5.74) is 0.631. The summed E-state index contributed by atoms with van der Waals surface area (Å²) >= 11 is 0. The van der Waals surface area contributed by atoms with E-state index in [0.29, 0.717) is 23.7 Å². The Labute approximate surface area is 249 Å². The summed E-state index contributed by atoms with van der Waals surface area (Å²) in [6, 6.07) is 0.0502. The quantitative estimate of drug-likeness (QED) is 0.213. The third-order valence-corrected chi connectivity index (χ3v) is 13.3. The molecule has 6 heteroatoms. The van der Waals surface area contributed by atoms with Crippen LogP contribution < -0.4 is 5.32 Å². The fourth-order valence-electron chi connectivity index (χ4n) is 11.1. The zero-order chi connectivity index (χ0) is 29.4. The third-order valence-electron chi connectivity index (χ3n) is 13.3. The van der Waals surface area contributed by atoms with E-state index in [0.717, 1.165) is 68.0 Å². The van der Waals surface area contributed by atoms with E-state index in [1.807, 2.05) is 6.20 Å². The molecule has 0 aromatic carbocycles. The number of aliphatic carboxylic acids is 1. The van der Waals surface area contributed by atoms with Crippen molar-refractivity contribution in [3.63, 3.8) is 0 Å². The van der Waals surface area contributed by atoms with Gasteiger partial charge in [0.2, 0.25) is 0 Å². The summed E-state index contributed by atoms with van der Waals surface area (Å²) in [5.74, 6) is 3.96. The molecule has 0 saturated heterocycles. The molecule has 41 heavy (non-hydrogen) atoms. The molecule has 4 aliphatic rings. The van der Waals surface area contributed by atoms with Crippen molar-refractivity contribution in [2.24, 2.45) is 52.3 Å². The van der Waals surface area contributed by atoms with E-state index in [9.17, 15) is 15.0 Å². The van der Waals surface area contributed by atoms with Crippen molar-refractivity contribution in [1.29, 1.82) is 0 Å². The Morgan fingerprint density at radius 2 is 1.93 bits per heavy atom. The number of carboxylic acid groups (broad SMARTS) is 1. The highest BCUT2D eigenvalue weighted by Gasteiger charge is 2.67. The molecule has 4 fully saturated rings. The number of aromatic amines is 1. The maximum Gasteiger partial charge on any atom is 0.303 e. The Balaban J connectivity index is 1.36. The van der Waals surface area contributed by atoms with Crippen LogP contribution in [0.25, 0.3) is 0 Å². The number of H-pyrrole nitrogens is 1. The predicted molar refractivity (Wildman–Crippen MR) is 164 cm³/mol. The van der Waals surface area contributed by atoms with Crippen molar-refractivity contribution < 1.29 is 15.0 Å². The van der Waals surface area contributed by atoms with Crippen LogP contribution in [0.3, 0.4) is 0 Å². The number of aliphatic hydroxyl groups is 1. The summed E-state index contributed by atoms with van der Waals surface area (Å²) in [4.78, 5) is 18.8. The molecule has 1 aromatic rings. The van der Waals surface area contributed by atoms with Gasteiger partial charge in [0.05, 0.1) is 11.9 Å². The van der Waals surface area contributed by atoms with Crippen LogP contribution >= 0.6 is 0 Å². The highest BCUT2D eigenvalue weighted by atomic mass is 16.4. The molecule has 10 atom stereocenters. The first-order valence-corrected chi connectivity index (χ1v) is 17.1. The van der Waals surface area contributed by atoms with Crippen LogP contribution in [-0.4, -0.2) is 44.3 Å². The number of aromatic nitrogens is 2. The molecule has 0 amide bonds. The Bertz CT molecular complexity index is 1010. The lowest BCUT2D eigenvalue weighted by atomic mass is 9.41. The van der Waals surface area contributed by atoms with Gasteiger partial charge in [0.15, 0.2) is 0 Å². The molecule has 0 spiro atoms. The number of nitrogens with one attached hydrogen (secondary N) is 2. The Morgan fingerprint density at radius 3 is 2.63 bits per heavy atom.